The van der Waals surface area contributed by atoms with Crippen molar-refractivity contribution in [2.75, 3.05) is 5.32 Å². The second-order valence-corrected chi connectivity index (χ2v) is 6.32. The SMILES string of the molecule is NS(=O)(=O)c1c(F)c(F)c(S)c(F)c1NCc1ccccc1. The fourth-order valence-electron chi connectivity index (χ4n) is 1.84. The summed E-state index contributed by atoms with van der Waals surface area (Å²) in [6.07, 6.45) is 0. The number of primary sulfonamides is 1. The third-order valence-corrected chi connectivity index (χ3v) is 4.20. The third-order valence-electron chi connectivity index (χ3n) is 2.85. The summed E-state index contributed by atoms with van der Waals surface area (Å²) in [5.41, 5.74) is -0.0806. The molecule has 0 amide bonds. The Bertz CT molecular complexity index is 812. The zero-order valence-corrected chi connectivity index (χ0v) is 12.7. The molecule has 0 radical (unpaired) electrons. The first-order chi connectivity index (χ1) is 10.2. The molecule has 0 atom stereocenters. The summed E-state index contributed by atoms with van der Waals surface area (Å²) in [4.78, 5) is -2.20. The maximum atomic E-state index is 14.1. The van der Waals surface area contributed by atoms with Gasteiger partial charge in [0.25, 0.3) is 0 Å². The van der Waals surface area contributed by atoms with Crippen LogP contribution >= 0.6 is 12.6 Å². The molecule has 4 nitrogen and oxygen atoms in total. The topological polar surface area (TPSA) is 72.2 Å². The number of hydrogen-bond donors (Lipinski definition) is 3. The molecule has 0 saturated carbocycles. The van der Waals surface area contributed by atoms with Crippen molar-refractivity contribution in [2.45, 2.75) is 16.3 Å². The minimum Gasteiger partial charge on any atom is -0.377 e. The van der Waals surface area contributed by atoms with Crippen LogP contribution in [0.3, 0.4) is 0 Å². The van der Waals surface area contributed by atoms with Gasteiger partial charge in [-0.2, -0.15) is 0 Å². The molecule has 22 heavy (non-hydrogen) atoms. The fourth-order valence-corrected chi connectivity index (χ4v) is 2.83. The van der Waals surface area contributed by atoms with Gasteiger partial charge >= 0.3 is 0 Å². The van der Waals surface area contributed by atoms with Gasteiger partial charge in [0.2, 0.25) is 10.0 Å². The van der Waals surface area contributed by atoms with Crippen molar-refractivity contribution in [3.63, 3.8) is 0 Å². The van der Waals surface area contributed by atoms with Gasteiger partial charge in [0, 0.05) is 6.54 Å². The second kappa shape index (κ2) is 6.19. The molecule has 0 spiro atoms. The molecular formula is C13H11F3N2O2S2. The van der Waals surface area contributed by atoms with Crippen LogP contribution in [0.15, 0.2) is 40.1 Å². The van der Waals surface area contributed by atoms with Crippen molar-refractivity contribution in [3.05, 3.63) is 53.3 Å². The minimum absolute atomic E-state index is 0.0153. The van der Waals surface area contributed by atoms with E-state index < -0.39 is 43.0 Å². The van der Waals surface area contributed by atoms with Crippen LogP contribution in [0.2, 0.25) is 0 Å². The lowest BCUT2D eigenvalue weighted by Gasteiger charge is -2.15. The summed E-state index contributed by atoms with van der Waals surface area (Å²) in [5, 5.41) is 7.27. The van der Waals surface area contributed by atoms with Crippen LogP contribution < -0.4 is 10.5 Å². The van der Waals surface area contributed by atoms with Gasteiger partial charge in [0.1, 0.15) is 4.90 Å². The number of anilines is 1. The lowest BCUT2D eigenvalue weighted by atomic mass is 10.2. The second-order valence-electron chi connectivity index (χ2n) is 4.38. The van der Waals surface area contributed by atoms with E-state index in [4.69, 9.17) is 5.14 Å². The number of hydrogen-bond acceptors (Lipinski definition) is 4. The van der Waals surface area contributed by atoms with Crippen molar-refractivity contribution in [1.29, 1.82) is 0 Å². The van der Waals surface area contributed by atoms with E-state index >= 15 is 0 Å². The van der Waals surface area contributed by atoms with E-state index in [1.807, 2.05) is 0 Å². The number of sulfonamides is 1. The number of thiol groups is 1. The molecule has 0 fully saturated rings. The van der Waals surface area contributed by atoms with E-state index in [9.17, 15) is 21.6 Å². The lowest BCUT2D eigenvalue weighted by molar-refractivity contribution is 0.449. The molecule has 0 heterocycles. The van der Waals surface area contributed by atoms with Crippen LogP contribution in [0.4, 0.5) is 18.9 Å². The maximum absolute atomic E-state index is 14.1. The Morgan fingerprint density at radius 3 is 2.18 bits per heavy atom. The van der Waals surface area contributed by atoms with E-state index in [1.165, 1.54) is 0 Å². The minimum atomic E-state index is -4.68. The Morgan fingerprint density at radius 2 is 1.64 bits per heavy atom. The molecule has 0 unspecified atom stereocenters. The zero-order chi connectivity index (χ0) is 16.5. The molecule has 0 saturated heterocycles. The lowest BCUT2D eigenvalue weighted by Crippen LogP contribution is -2.19. The Hall–Kier alpha value is -1.71. The van der Waals surface area contributed by atoms with Crippen LogP contribution in [-0.4, -0.2) is 8.42 Å². The van der Waals surface area contributed by atoms with E-state index in [-0.39, 0.29) is 6.54 Å². The largest absolute Gasteiger partial charge is 0.377 e. The Kier molecular flexibility index (Phi) is 4.69. The van der Waals surface area contributed by atoms with Gasteiger partial charge < -0.3 is 5.32 Å². The Labute approximate surface area is 130 Å². The number of halogens is 3. The summed E-state index contributed by atoms with van der Waals surface area (Å²) < 4.78 is 64.3. The normalized spacial score (nSPS) is 11.5. The molecular weight excluding hydrogens is 337 g/mol. The zero-order valence-electron chi connectivity index (χ0n) is 11.0. The summed E-state index contributed by atoms with van der Waals surface area (Å²) in [7, 11) is -4.68. The molecule has 2 aromatic rings. The predicted molar refractivity (Wildman–Crippen MR) is 78.7 cm³/mol. The smallest absolute Gasteiger partial charge is 0.243 e. The van der Waals surface area contributed by atoms with Gasteiger partial charge in [0.15, 0.2) is 17.5 Å². The number of rotatable bonds is 4. The molecule has 2 rings (SSSR count). The quantitative estimate of drug-likeness (QED) is 0.588. The first kappa shape index (κ1) is 16.7. The Morgan fingerprint density at radius 1 is 1.05 bits per heavy atom. The average molecular weight is 348 g/mol. The van der Waals surface area contributed by atoms with E-state index in [1.54, 1.807) is 30.3 Å². The predicted octanol–water partition coefficient (Wildman–Crippen LogP) is 2.65. The monoisotopic (exact) mass is 348 g/mol. The molecule has 3 N–H and O–H groups in total. The first-order valence-corrected chi connectivity index (χ1v) is 7.93. The Balaban J connectivity index is 2.54. The van der Waals surface area contributed by atoms with Gasteiger partial charge in [-0.1, -0.05) is 30.3 Å². The van der Waals surface area contributed by atoms with Gasteiger partial charge in [-0.25, -0.2) is 26.7 Å². The van der Waals surface area contributed by atoms with Crippen LogP contribution in [0, 0.1) is 17.5 Å². The first-order valence-electron chi connectivity index (χ1n) is 5.93. The average Bonchev–Trinajstić information content (AvgIpc) is 2.47. The number of benzene rings is 2. The van der Waals surface area contributed by atoms with Crippen molar-refractivity contribution in [2.24, 2.45) is 5.14 Å². The molecule has 0 aliphatic carbocycles. The summed E-state index contributed by atoms with van der Waals surface area (Å²) in [6.45, 7) is -0.0153. The van der Waals surface area contributed by atoms with Gasteiger partial charge in [-0.3, -0.25) is 0 Å². The summed E-state index contributed by atoms with van der Waals surface area (Å²) >= 11 is 3.51. The third kappa shape index (κ3) is 3.21. The van der Waals surface area contributed by atoms with Crippen molar-refractivity contribution in [3.8, 4) is 0 Å². The molecule has 0 aliphatic heterocycles. The maximum Gasteiger partial charge on any atom is 0.243 e. The van der Waals surface area contributed by atoms with Crippen LogP contribution in [-0.2, 0) is 16.6 Å². The van der Waals surface area contributed by atoms with E-state index in [2.05, 4.69) is 17.9 Å². The molecule has 0 aliphatic rings. The summed E-state index contributed by atoms with van der Waals surface area (Å²) in [5.74, 6) is -4.82. The van der Waals surface area contributed by atoms with Crippen LogP contribution in [0.25, 0.3) is 0 Å². The molecule has 9 heteroatoms. The standard InChI is InChI=1S/C13H11F3N2O2S2/c14-8-9(15)13(22(17,19)20)11(10(16)12(8)21)18-6-7-4-2-1-3-5-7/h1-5,18,21H,6H2,(H2,17,19,20). The van der Waals surface area contributed by atoms with Gasteiger partial charge in [-0.05, 0) is 5.56 Å². The molecule has 0 aromatic heterocycles. The van der Waals surface area contributed by atoms with Crippen molar-refractivity contribution < 1.29 is 21.6 Å². The summed E-state index contributed by atoms with van der Waals surface area (Å²) in [6, 6.07) is 8.54. The highest BCUT2D eigenvalue weighted by Crippen LogP contribution is 2.34. The molecule has 2 aromatic carbocycles. The number of nitrogens with one attached hydrogen (secondary N) is 1. The highest BCUT2D eigenvalue weighted by molar-refractivity contribution is 7.89. The molecule has 0 bridgehead atoms. The van der Waals surface area contributed by atoms with E-state index in [0.29, 0.717) is 5.56 Å². The highest BCUT2D eigenvalue weighted by atomic mass is 32.2. The van der Waals surface area contributed by atoms with Gasteiger partial charge in [-0.15, -0.1) is 12.6 Å². The number of nitrogens with two attached hydrogens (primary N) is 1. The van der Waals surface area contributed by atoms with E-state index in [0.717, 1.165) is 0 Å². The fraction of sp³-hybridized carbons (Fsp3) is 0.0769. The van der Waals surface area contributed by atoms with Crippen LogP contribution in [0.1, 0.15) is 5.56 Å². The van der Waals surface area contributed by atoms with Crippen molar-refractivity contribution in [1.82, 2.24) is 0 Å². The van der Waals surface area contributed by atoms with Crippen LogP contribution in [0.5, 0.6) is 0 Å². The molecule has 118 valence electrons. The van der Waals surface area contributed by atoms with Crippen molar-refractivity contribution >= 4 is 28.3 Å². The van der Waals surface area contributed by atoms with Gasteiger partial charge in [0.05, 0.1) is 10.6 Å². The highest BCUT2D eigenvalue weighted by Gasteiger charge is 2.29.